The first kappa shape index (κ1) is 20.5. The monoisotopic (exact) mass is 420 g/mol. The van der Waals surface area contributed by atoms with Crippen LogP contribution >= 0.6 is 0 Å². The molecule has 6 heteroatoms. The lowest BCUT2D eigenvalue weighted by Crippen LogP contribution is -2.62. The Labute approximate surface area is 183 Å². The molecule has 1 aromatic carbocycles. The largest absolute Gasteiger partial charge is 0.340 e. The summed E-state index contributed by atoms with van der Waals surface area (Å²) >= 11 is 0. The highest BCUT2D eigenvalue weighted by Gasteiger charge is 2.46. The Balaban J connectivity index is 1.32. The maximum absolute atomic E-state index is 13.3. The fourth-order valence-corrected chi connectivity index (χ4v) is 5.61. The van der Waals surface area contributed by atoms with Crippen molar-refractivity contribution in [2.24, 2.45) is 11.7 Å². The summed E-state index contributed by atoms with van der Waals surface area (Å²) in [5.41, 5.74) is 8.96. The Morgan fingerprint density at radius 1 is 1.10 bits per heavy atom. The van der Waals surface area contributed by atoms with Crippen molar-refractivity contribution in [2.75, 3.05) is 20.1 Å². The number of hydrogen-bond acceptors (Lipinski definition) is 4. The summed E-state index contributed by atoms with van der Waals surface area (Å²) in [6.07, 6.45) is 3.69. The first-order chi connectivity index (χ1) is 14.9. The van der Waals surface area contributed by atoms with E-state index in [0.717, 1.165) is 50.0 Å². The van der Waals surface area contributed by atoms with E-state index in [-0.39, 0.29) is 17.4 Å². The minimum atomic E-state index is -0.640. The SMILES string of the molecule is CN(Cc1ccccc1)Cc1ccc2n(c1=O)C[C@H]1C[C@@H]2CN(C(=O)C2(N)CCC2)C1. The smallest absolute Gasteiger partial charge is 0.255 e. The summed E-state index contributed by atoms with van der Waals surface area (Å²) in [5.74, 6) is 0.668. The number of rotatable bonds is 5. The van der Waals surface area contributed by atoms with Crippen LogP contribution in [0.3, 0.4) is 0 Å². The second-order valence-electron chi connectivity index (χ2n) is 9.88. The second kappa shape index (κ2) is 7.92. The molecule has 164 valence electrons. The predicted molar refractivity (Wildman–Crippen MR) is 121 cm³/mol. The maximum atomic E-state index is 13.3. The van der Waals surface area contributed by atoms with E-state index < -0.39 is 5.54 Å². The molecule has 2 aromatic rings. The summed E-state index contributed by atoms with van der Waals surface area (Å²) in [6.45, 7) is 3.54. The molecule has 3 heterocycles. The Bertz CT molecular complexity index is 1030. The number of benzene rings is 1. The third-order valence-electron chi connectivity index (χ3n) is 7.38. The van der Waals surface area contributed by atoms with Gasteiger partial charge in [-0.25, -0.2) is 0 Å². The highest BCUT2D eigenvalue weighted by atomic mass is 16.2. The fourth-order valence-electron chi connectivity index (χ4n) is 5.61. The van der Waals surface area contributed by atoms with Crippen molar-refractivity contribution in [1.29, 1.82) is 0 Å². The van der Waals surface area contributed by atoms with Crippen LogP contribution < -0.4 is 11.3 Å². The molecule has 2 atom stereocenters. The molecule has 1 amide bonds. The van der Waals surface area contributed by atoms with Crippen molar-refractivity contribution in [3.8, 4) is 0 Å². The van der Waals surface area contributed by atoms with Gasteiger partial charge in [0.15, 0.2) is 0 Å². The van der Waals surface area contributed by atoms with Crippen molar-refractivity contribution >= 4 is 5.91 Å². The molecule has 2 N–H and O–H groups in total. The molecule has 1 saturated heterocycles. The van der Waals surface area contributed by atoms with Gasteiger partial charge in [0.05, 0.1) is 5.54 Å². The van der Waals surface area contributed by atoms with Crippen molar-refractivity contribution < 1.29 is 4.79 Å². The first-order valence-corrected chi connectivity index (χ1v) is 11.5. The van der Waals surface area contributed by atoms with E-state index in [1.165, 1.54) is 5.56 Å². The highest BCUT2D eigenvalue weighted by Crippen LogP contribution is 2.38. The molecule has 0 radical (unpaired) electrons. The summed E-state index contributed by atoms with van der Waals surface area (Å²) in [5, 5.41) is 0. The standard InChI is InChI=1S/C25H32N4O2/c1-27(13-18-6-3-2-4-7-18)16-20-8-9-22-21-12-19(15-29(22)23(20)30)14-28(17-21)24(31)25(26)10-5-11-25/h2-4,6-9,19,21H,5,10-17,26H2,1H3/t19-,21+/m0/s1. The molecule has 1 saturated carbocycles. The molecular formula is C25H32N4O2. The number of nitrogens with two attached hydrogens (primary N) is 1. The van der Waals surface area contributed by atoms with Crippen LogP contribution in [0.2, 0.25) is 0 Å². The average molecular weight is 421 g/mol. The summed E-state index contributed by atoms with van der Waals surface area (Å²) < 4.78 is 1.98. The zero-order valence-corrected chi connectivity index (χ0v) is 18.3. The number of hydrogen-bond donors (Lipinski definition) is 1. The van der Waals surface area contributed by atoms with Crippen LogP contribution in [0.25, 0.3) is 0 Å². The normalized spacial score (nSPS) is 23.9. The van der Waals surface area contributed by atoms with Gasteiger partial charge in [-0.3, -0.25) is 14.5 Å². The van der Waals surface area contributed by atoms with E-state index in [1.807, 2.05) is 33.7 Å². The number of pyridine rings is 1. The Kier molecular flexibility index (Phi) is 5.22. The molecular weight excluding hydrogens is 388 g/mol. The molecule has 3 aliphatic rings. The molecule has 31 heavy (non-hydrogen) atoms. The van der Waals surface area contributed by atoms with Gasteiger partial charge in [0, 0.05) is 49.9 Å². The number of aromatic nitrogens is 1. The van der Waals surface area contributed by atoms with Crippen LogP contribution in [0.4, 0.5) is 0 Å². The van der Waals surface area contributed by atoms with E-state index in [9.17, 15) is 9.59 Å². The third-order valence-corrected chi connectivity index (χ3v) is 7.38. The molecule has 1 aromatic heterocycles. The van der Waals surface area contributed by atoms with Crippen molar-refractivity contribution in [2.45, 2.75) is 56.8 Å². The molecule has 0 unspecified atom stereocenters. The van der Waals surface area contributed by atoms with Gasteiger partial charge in [-0.2, -0.15) is 0 Å². The van der Waals surface area contributed by atoms with Crippen LogP contribution in [-0.4, -0.2) is 46.0 Å². The summed E-state index contributed by atoms with van der Waals surface area (Å²) in [4.78, 5) is 30.4. The average Bonchev–Trinajstić information content (AvgIpc) is 2.74. The number of amides is 1. The number of likely N-dealkylation sites (tertiary alicyclic amines) is 1. The third kappa shape index (κ3) is 3.83. The number of carbonyl (C=O) groups excluding carboxylic acids is 1. The number of nitrogens with zero attached hydrogens (tertiary/aromatic N) is 3. The van der Waals surface area contributed by atoms with Crippen LogP contribution in [0.15, 0.2) is 47.3 Å². The van der Waals surface area contributed by atoms with Crippen LogP contribution in [0.1, 0.15) is 48.4 Å². The Morgan fingerprint density at radius 3 is 2.58 bits per heavy atom. The van der Waals surface area contributed by atoms with E-state index in [0.29, 0.717) is 25.6 Å². The van der Waals surface area contributed by atoms with Crippen molar-refractivity contribution in [1.82, 2.24) is 14.4 Å². The lowest BCUT2D eigenvalue weighted by Gasteiger charge is -2.47. The van der Waals surface area contributed by atoms with Gasteiger partial charge in [-0.1, -0.05) is 36.4 Å². The molecule has 2 fully saturated rings. The van der Waals surface area contributed by atoms with Gasteiger partial charge in [-0.15, -0.1) is 0 Å². The van der Waals surface area contributed by atoms with Gasteiger partial charge >= 0.3 is 0 Å². The first-order valence-electron chi connectivity index (χ1n) is 11.5. The van der Waals surface area contributed by atoms with Gasteiger partial charge in [0.2, 0.25) is 5.91 Å². The summed E-state index contributed by atoms with van der Waals surface area (Å²) in [6, 6.07) is 14.4. The molecule has 0 spiro atoms. The minimum absolute atomic E-state index is 0.114. The van der Waals surface area contributed by atoms with E-state index in [4.69, 9.17) is 5.73 Å². The van der Waals surface area contributed by atoms with Gasteiger partial charge in [-0.05, 0) is 50.3 Å². The predicted octanol–water partition coefficient (Wildman–Crippen LogP) is 2.31. The lowest BCUT2D eigenvalue weighted by atomic mass is 9.75. The lowest BCUT2D eigenvalue weighted by molar-refractivity contribution is -0.143. The quantitative estimate of drug-likeness (QED) is 0.806. The maximum Gasteiger partial charge on any atom is 0.255 e. The Hall–Kier alpha value is -2.44. The zero-order valence-electron chi connectivity index (χ0n) is 18.3. The van der Waals surface area contributed by atoms with E-state index in [2.05, 4.69) is 30.1 Å². The van der Waals surface area contributed by atoms with Crippen LogP contribution in [0, 0.1) is 5.92 Å². The van der Waals surface area contributed by atoms with Gasteiger partial charge in [0.25, 0.3) is 5.56 Å². The number of carbonyl (C=O) groups is 1. The van der Waals surface area contributed by atoms with Gasteiger partial charge in [0.1, 0.15) is 0 Å². The summed E-state index contributed by atoms with van der Waals surface area (Å²) in [7, 11) is 2.05. The van der Waals surface area contributed by atoms with Crippen LogP contribution in [-0.2, 0) is 24.4 Å². The second-order valence-corrected chi connectivity index (χ2v) is 9.88. The molecule has 1 aliphatic carbocycles. The fraction of sp³-hybridized carbons (Fsp3) is 0.520. The molecule has 2 aliphatic heterocycles. The van der Waals surface area contributed by atoms with Gasteiger partial charge < -0.3 is 15.2 Å². The number of fused-ring (bicyclic) bond motifs is 4. The van der Waals surface area contributed by atoms with Crippen molar-refractivity contribution in [3.05, 3.63) is 69.6 Å². The van der Waals surface area contributed by atoms with Crippen molar-refractivity contribution in [3.63, 3.8) is 0 Å². The zero-order chi connectivity index (χ0) is 21.6. The number of piperidine rings is 1. The van der Waals surface area contributed by atoms with E-state index in [1.54, 1.807) is 0 Å². The Morgan fingerprint density at radius 2 is 1.87 bits per heavy atom. The minimum Gasteiger partial charge on any atom is -0.340 e. The molecule has 5 rings (SSSR count). The van der Waals surface area contributed by atoms with Crippen LogP contribution in [0.5, 0.6) is 0 Å². The topological polar surface area (TPSA) is 71.6 Å². The molecule has 2 bridgehead atoms. The highest BCUT2D eigenvalue weighted by molar-refractivity contribution is 5.87. The molecule has 6 nitrogen and oxygen atoms in total. The van der Waals surface area contributed by atoms with E-state index >= 15 is 0 Å².